The molecule has 2 aliphatic rings. The Hall–Kier alpha value is -4.04. The number of hydrogen-bond acceptors (Lipinski definition) is 5. The van der Waals surface area contributed by atoms with Crippen LogP contribution < -0.4 is 15.0 Å². The van der Waals surface area contributed by atoms with Gasteiger partial charge in [-0.25, -0.2) is 4.68 Å². The van der Waals surface area contributed by atoms with E-state index in [2.05, 4.69) is 36.5 Å². The van der Waals surface area contributed by atoms with Crippen LogP contribution in [0.5, 0.6) is 5.75 Å². The summed E-state index contributed by atoms with van der Waals surface area (Å²) in [4.78, 5) is 28.5. The molecule has 3 aromatic carbocycles. The fourth-order valence-corrected chi connectivity index (χ4v) is 6.16. The van der Waals surface area contributed by atoms with Crippen molar-refractivity contribution in [2.24, 2.45) is 0 Å². The summed E-state index contributed by atoms with van der Waals surface area (Å²) in [6.45, 7) is 2.02. The molecule has 8 heteroatoms. The van der Waals surface area contributed by atoms with E-state index in [0.717, 1.165) is 52.2 Å². The molecule has 1 aliphatic heterocycles. The van der Waals surface area contributed by atoms with Crippen LogP contribution in [0.4, 0.5) is 5.82 Å². The van der Waals surface area contributed by atoms with Crippen molar-refractivity contribution >= 4 is 29.4 Å². The van der Waals surface area contributed by atoms with Crippen LogP contribution in [0.2, 0.25) is 0 Å². The molecule has 1 fully saturated rings. The number of carbonyl (C=O) groups is 2. The first kappa shape index (κ1) is 25.2. The van der Waals surface area contributed by atoms with Gasteiger partial charge in [-0.3, -0.25) is 14.5 Å². The number of hydrogen-bond donors (Lipinski definition) is 1. The van der Waals surface area contributed by atoms with E-state index < -0.39 is 0 Å². The number of benzene rings is 3. The summed E-state index contributed by atoms with van der Waals surface area (Å²) in [7, 11) is 1.63. The third-order valence-electron chi connectivity index (χ3n) is 7.04. The largest absolute Gasteiger partial charge is 0.497 e. The first-order chi connectivity index (χ1) is 19.0. The number of ether oxygens (including phenoxy) is 1. The van der Waals surface area contributed by atoms with Crippen molar-refractivity contribution < 1.29 is 14.3 Å². The summed E-state index contributed by atoms with van der Waals surface area (Å²) in [5.74, 6) is 1.34. The van der Waals surface area contributed by atoms with Gasteiger partial charge in [0.25, 0.3) is 0 Å². The van der Waals surface area contributed by atoms with E-state index in [1.807, 2.05) is 59.3 Å². The van der Waals surface area contributed by atoms with E-state index in [1.54, 1.807) is 23.8 Å². The number of carbonyl (C=O) groups excluding carboxylic acids is 2. The molecule has 2 amide bonds. The number of aromatic nitrogens is 2. The second-order valence-electron chi connectivity index (χ2n) is 9.99. The predicted molar refractivity (Wildman–Crippen MR) is 155 cm³/mol. The topological polar surface area (TPSA) is 76.5 Å². The summed E-state index contributed by atoms with van der Waals surface area (Å²) in [5.41, 5.74) is 5.71. The average molecular weight is 539 g/mol. The van der Waals surface area contributed by atoms with Crippen LogP contribution in [0.15, 0.2) is 78.9 Å². The number of anilines is 1. The molecule has 0 radical (unpaired) electrons. The third-order valence-corrected chi connectivity index (χ3v) is 8.30. The first-order valence-electron chi connectivity index (χ1n) is 13.1. The van der Waals surface area contributed by atoms with Gasteiger partial charge in [-0.2, -0.15) is 5.10 Å². The molecule has 1 N–H and O–H groups in total. The number of methoxy groups -OCH3 is 1. The molecule has 39 heavy (non-hydrogen) atoms. The van der Waals surface area contributed by atoms with Crippen LogP contribution in [0.25, 0.3) is 16.9 Å². The standard InChI is InChI=1S/C31H30N4O3S/c1-20-7-6-10-22(17-20)30-28-29(21-8-4-3-5-9-21)33-35(24-13-15-25(38-2)16-14-24)31(28)34(27(37)19-39-30)18-26(36)32-23-11-12-23/h3-10,13-17,23,30H,11-12,18-19H2,1-2H3,(H,32,36). The number of rotatable bonds is 7. The van der Waals surface area contributed by atoms with Crippen molar-refractivity contribution in [2.75, 3.05) is 24.3 Å². The molecule has 0 bridgehead atoms. The second kappa shape index (κ2) is 10.6. The minimum Gasteiger partial charge on any atom is -0.497 e. The van der Waals surface area contributed by atoms with Crippen molar-refractivity contribution in [3.63, 3.8) is 0 Å². The number of thioether (sulfide) groups is 1. The molecule has 0 saturated heterocycles. The van der Waals surface area contributed by atoms with Gasteiger partial charge in [-0.1, -0.05) is 60.2 Å². The van der Waals surface area contributed by atoms with Crippen molar-refractivity contribution in [1.29, 1.82) is 0 Å². The van der Waals surface area contributed by atoms with Gasteiger partial charge in [0.15, 0.2) is 0 Å². The molecule has 4 aromatic rings. The lowest BCUT2D eigenvalue weighted by Gasteiger charge is -2.23. The highest BCUT2D eigenvalue weighted by Gasteiger charge is 2.38. The molecule has 1 aliphatic carbocycles. The van der Waals surface area contributed by atoms with E-state index >= 15 is 0 Å². The quantitative estimate of drug-likeness (QED) is 0.345. The molecule has 6 rings (SSSR count). The van der Waals surface area contributed by atoms with Crippen LogP contribution in [0.3, 0.4) is 0 Å². The van der Waals surface area contributed by atoms with Gasteiger partial charge in [0, 0.05) is 17.2 Å². The Balaban J connectivity index is 1.59. The SMILES string of the molecule is COc1ccc(-n2nc(-c3ccccc3)c3c2N(CC(=O)NC2CC2)C(=O)CSC3c2cccc(C)c2)cc1. The van der Waals surface area contributed by atoms with E-state index in [1.165, 1.54) is 0 Å². The molecule has 0 spiro atoms. The molecule has 7 nitrogen and oxygen atoms in total. The minimum atomic E-state index is -0.153. The van der Waals surface area contributed by atoms with Crippen LogP contribution in [-0.4, -0.2) is 47.0 Å². The average Bonchev–Trinajstić information content (AvgIpc) is 3.71. The van der Waals surface area contributed by atoms with E-state index in [0.29, 0.717) is 5.82 Å². The summed E-state index contributed by atoms with van der Waals surface area (Å²) in [5, 5.41) is 8.03. The Morgan fingerprint density at radius 2 is 1.82 bits per heavy atom. The zero-order valence-electron chi connectivity index (χ0n) is 22.0. The van der Waals surface area contributed by atoms with Crippen molar-refractivity contribution in [3.8, 4) is 22.7 Å². The minimum absolute atomic E-state index is 0.0560. The molecular formula is C31H30N4O3S. The van der Waals surface area contributed by atoms with Gasteiger partial charge in [0.05, 0.1) is 29.5 Å². The molecule has 1 atom stereocenters. The normalized spacial score (nSPS) is 16.9. The summed E-state index contributed by atoms with van der Waals surface area (Å²) >= 11 is 1.58. The Kier molecular flexibility index (Phi) is 6.87. The highest BCUT2D eigenvalue weighted by molar-refractivity contribution is 8.00. The Morgan fingerprint density at radius 3 is 2.51 bits per heavy atom. The maximum absolute atomic E-state index is 13.8. The lowest BCUT2D eigenvalue weighted by molar-refractivity contribution is -0.123. The monoisotopic (exact) mass is 538 g/mol. The van der Waals surface area contributed by atoms with Gasteiger partial charge in [0.2, 0.25) is 11.8 Å². The maximum atomic E-state index is 13.8. The predicted octanol–water partition coefficient (Wildman–Crippen LogP) is 5.30. The number of nitrogens with zero attached hydrogens (tertiary/aromatic N) is 3. The number of amides is 2. The zero-order valence-corrected chi connectivity index (χ0v) is 22.8. The number of nitrogens with one attached hydrogen (secondary N) is 1. The molecule has 198 valence electrons. The Labute approximate surface area is 232 Å². The van der Waals surface area contributed by atoms with E-state index in [-0.39, 0.29) is 35.4 Å². The van der Waals surface area contributed by atoms with Crippen LogP contribution in [-0.2, 0) is 9.59 Å². The fraction of sp³-hybridized carbons (Fsp3) is 0.258. The maximum Gasteiger partial charge on any atom is 0.240 e. The molecule has 2 heterocycles. The van der Waals surface area contributed by atoms with Gasteiger partial charge in [-0.05, 0) is 49.6 Å². The van der Waals surface area contributed by atoms with Crippen LogP contribution in [0.1, 0.15) is 34.8 Å². The smallest absolute Gasteiger partial charge is 0.240 e. The number of aryl methyl sites for hydroxylation is 1. The fourth-order valence-electron chi connectivity index (χ4n) is 4.97. The highest BCUT2D eigenvalue weighted by atomic mass is 32.2. The van der Waals surface area contributed by atoms with Gasteiger partial charge >= 0.3 is 0 Å². The first-order valence-corrected chi connectivity index (χ1v) is 14.2. The van der Waals surface area contributed by atoms with Crippen molar-refractivity contribution in [3.05, 3.63) is 95.6 Å². The van der Waals surface area contributed by atoms with Gasteiger partial charge < -0.3 is 10.1 Å². The van der Waals surface area contributed by atoms with E-state index in [9.17, 15) is 9.59 Å². The zero-order chi connectivity index (χ0) is 26.9. The summed E-state index contributed by atoms with van der Waals surface area (Å²) in [6.07, 6.45) is 1.97. The molecule has 1 aromatic heterocycles. The molecule has 1 saturated carbocycles. The third kappa shape index (κ3) is 5.16. The van der Waals surface area contributed by atoms with Gasteiger partial charge in [-0.15, -0.1) is 11.8 Å². The van der Waals surface area contributed by atoms with Crippen molar-refractivity contribution in [2.45, 2.75) is 31.1 Å². The lowest BCUT2D eigenvalue weighted by atomic mass is 9.98. The molecule has 1 unspecified atom stereocenters. The van der Waals surface area contributed by atoms with Gasteiger partial charge in [0.1, 0.15) is 18.1 Å². The Morgan fingerprint density at radius 1 is 1.05 bits per heavy atom. The van der Waals surface area contributed by atoms with Crippen LogP contribution in [0, 0.1) is 6.92 Å². The molecular weight excluding hydrogens is 508 g/mol. The van der Waals surface area contributed by atoms with Crippen molar-refractivity contribution in [1.82, 2.24) is 15.1 Å². The summed E-state index contributed by atoms with van der Waals surface area (Å²) in [6, 6.07) is 26.2. The van der Waals surface area contributed by atoms with E-state index in [4.69, 9.17) is 9.84 Å². The van der Waals surface area contributed by atoms with Crippen LogP contribution >= 0.6 is 11.8 Å². The summed E-state index contributed by atoms with van der Waals surface area (Å²) < 4.78 is 7.20. The highest BCUT2D eigenvalue weighted by Crippen LogP contribution is 2.48. The second-order valence-corrected chi connectivity index (χ2v) is 11.1. The lowest BCUT2D eigenvalue weighted by Crippen LogP contribution is -2.43. The number of fused-ring (bicyclic) bond motifs is 1. The Bertz CT molecular complexity index is 1510.